The predicted molar refractivity (Wildman–Crippen MR) is 65.0 cm³/mol. The molecule has 0 aromatic carbocycles. The summed E-state index contributed by atoms with van der Waals surface area (Å²) in [5, 5.41) is 3.48. The number of likely N-dealkylation sites (N-methyl/N-ethyl adjacent to an activating group) is 1. The molecule has 2 rings (SSSR count). The Labute approximate surface area is 94.4 Å². The molecule has 2 saturated carbocycles. The summed E-state index contributed by atoms with van der Waals surface area (Å²) in [6, 6.07) is 0.623. The highest BCUT2D eigenvalue weighted by atomic mass is 15.1. The lowest BCUT2D eigenvalue weighted by Crippen LogP contribution is -2.35. The molecule has 0 aliphatic heterocycles. The molecule has 2 nitrogen and oxygen atoms in total. The number of nitrogens with zero attached hydrogens (tertiary/aromatic N) is 1. The summed E-state index contributed by atoms with van der Waals surface area (Å²) in [7, 11) is 2.27. The Bertz CT molecular complexity index is 193. The normalized spacial score (nSPS) is 33.8. The Morgan fingerprint density at radius 3 is 2.47 bits per heavy atom. The Kier molecular flexibility index (Phi) is 3.68. The molecule has 2 heteroatoms. The first-order chi connectivity index (χ1) is 7.15. The zero-order valence-electron chi connectivity index (χ0n) is 10.5. The van der Waals surface area contributed by atoms with Gasteiger partial charge in [-0.2, -0.15) is 0 Å². The summed E-state index contributed by atoms with van der Waals surface area (Å²) in [4.78, 5) is 2.50. The first-order valence-electron chi connectivity index (χ1n) is 6.57. The van der Waals surface area contributed by atoms with E-state index in [9.17, 15) is 0 Å². The molecule has 2 fully saturated rings. The molecule has 0 bridgehead atoms. The van der Waals surface area contributed by atoms with Crippen molar-refractivity contribution in [3.05, 3.63) is 0 Å². The Morgan fingerprint density at radius 1 is 1.20 bits per heavy atom. The van der Waals surface area contributed by atoms with E-state index in [-0.39, 0.29) is 0 Å². The second-order valence-corrected chi connectivity index (χ2v) is 5.96. The molecular formula is C13H26N2. The fraction of sp³-hybridized carbons (Fsp3) is 1.00. The number of hydrogen-bond donors (Lipinski definition) is 1. The van der Waals surface area contributed by atoms with Crippen molar-refractivity contribution < 1.29 is 0 Å². The van der Waals surface area contributed by atoms with Gasteiger partial charge in [0.2, 0.25) is 0 Å². The Balaban J connectivity index is 1.54. The monoisotopic (exact) mass is 210 g/mol. The van der Waals surface area contributed by atoms with Gasteiger partial charge in [0.05, 0.1) is 0 Å². The largest absolute Gasteiger partial charge is 0.313 e. The maximum Gasteiger partial charge on any atom is 0.0104 e. The Morgan fingerprint density at radius 2 is 1.87 bits per heavy atom. The third kappa shape index (κ3) is 3.46. The number of nitrogens with one attached hydrogen (secondary N) is 1. The van der Waals surface area contributed by atoms with Gasteiger partial charge in [-0.1, -0.05) is 13.8 Å². The molecule has 15 heavy (non-hydrogen) atoms. The molecule has 2 aliphatic rings. The minimum Gasteiger partial charge on any atom is -0.313 e. The van der Waals surface area contributed by atoms with E-state index in [2.05, 4.69) is 31.1 Å². The average Bonchev–Trinajstić information content (AvgIpc) is 2.73. The van der Waals surface area contributed by atoms with E-state index >= 15 is 0 Å². The van der Waals surface area contributed by atoms with Crippen LogP contribution in [0, 0.1) is 17.8 Å². The quantitative estimate of drug-likeness (QED) is 0.721. The van der Waals surface area contributed by atoms with Gasteiger partial charge in [0.1, 0.15) is 0 Å². The van der Waals surface area contributed by atoms with Crippen LogP contribution in [0.5, 0.6) is 0 Å². The minimum absolute atomic E-state index is 0.623. The van der Waals surface area contributed by atoms with Crippen LogP contribution in [0.3, 0.4) is 0 Å². The summed E-state index contributed by atoms with van der Waals surface area (Å²) >= 11 is 0. The lowest BCUT2D eigenvalue weighted by atomic mass is 10.0. The van der Waals surface area contributed by atoms with E-state index in [1.54, 1.807) is 6.42 Å². The summed E-state index contributed by atoms with van der Waals surface area (Å²) in [6.07, 6.45) is 4.59. The molecule has 0 saturated heterocycles. The van der Waals surface area contributed by atoms with Crippen LogP contribution in [-0.4, -0.2) is 37.6 Å². The maximum atomic E-state index is 3.48. The molecule has 88 valence electrons. The van der Waals surface area contributed by atoms with Gasteiger partial charge in [-0.25, -0.2) is 0 Å². The summed E-state index contributed by atoms with van der Waals surface area (Å²) < 4.78 is 0. The van der Waals surface area contributed by atoms with Crippen LogP contribution in [0.15, 0.2) is 0 Å². The van der Waals surface area contributed by atoms with Gasteiger partial charge in [0, 0.05) is 25.7 Å². The lowest BCUT2D eigenvalue weighted by molar-refractivity contribution is 0.265. The topological polar surface area (TPSA) is 15.3 Å². The zero-order chi connectivity index (χ0) is 10.8. The van der Waals surface area contributed by atoms with Crippen LogP contribution in [0.25, 0.3) is 0 Å². The first kappa shape index (κ1) is 11.4. The third-order valence-electron chi connectivity index (χ3n) is 3.96. The fourth-order valence-electron chi connectivity index (χ4n) is 3.07. The molecule has 1 N–H and O–H groups in total. The van der Waals surface area contributed by atoms with Gasteiger partial charge in [0.25, 0.3) is 0 Å². The molecule has 2 aliphatic carbocycles. The van der Waals surface area contributed by atoms with E-state index in [4.69, 9.17) is 0 Å². The smallest absolute Gasteiger partial charge is 0.0104 e. The van der Waals surface area contributed by atoms with E-state index in [1.165, 1.54) is 25.9 Å². The van der Waals surface area contributed by atoms with Crippen molar-refractivity contribution >= 4 is 0 Å². The van der Waals surface area contributed by atoms with Crippen molar-refractivity contribution in [1.29, 1.82) is 0 Å². The highest BCUT2D eigenvalue weighted by Gasteiger charge is 2.45. The van der Waals surface area contributed by atoms with Gasteiger partial charge in [-0.05, 0) is 44.1 Å². The number of hydrogen-bond acceptors (Lipinski definition) is 2. The summed E-state index contributed by atoms with van der Waals surface area (Å²) in [5.41, 5.74) is 0. The van der Waals surface area contributed by atoms with Crippen molar-refractivity contribution in [3.63, 3.8) is 0 Å². The number of fused-ring (bicyclic) bond motifs is 1. The molecular weight excluding hydrogens is 184 g/mol. The van der Waals surface area contributed by atoms with Crippen molar-refractivity contribution in [3.8, 4) is 0 Å². The van der Waals surface area contributed by atoms with Crippen LogP contribution in [-0.2, 0) is 0 Å². The SMILES string of the molecule is CC(C)NCCN(C)CC1CC2CC2C1. The van der Waals surface area contributed by atoms with E-state index in [1.807, 2.05) is 0 Å². The second-order valence-electron chi connectivity index (χ2n) is 5.96. The molecule has 0 heterocycles. The van der Waals surface area contributed by atoms with Crippen LogP contribution in [0.1, 0.15) is 33.1 Å². The highest BCUT2D eigenvalue weighted by Crippen LogP contribution is 2.54. The van der Waals surface area contributed by atoms with Gasteiger partial charge in [-0.3, -0.25) is 0 Å². The fourth-order valence-corrected chi connectivity index (χ4v) is 3.07. The van der Waals surface area contributed by atoms with Gasteiger partial charge in [0.15, 0.2) is 0 Å². The van der Waals surface area contributed by atoms with Crippen molar-refractivity contribution in [2.45, 2.75) is 39.2 Å². The summed E-state index contributed by atoms with van der Waals surface area (Å²) in [6.45, 7) is 8.08. The molecule has 0 aromatic rings. The van der Waals surface area contributed by atoms with Crippen molar-refractivity contribution in [2.24, 2.45) is 17.8 Å². The molecule has 2 atom stereocenters. The standard InChI is InChI=1S/C13H26N2/c1-10(2)14-4-5-15(3)9-11-6-12-8-13(12)7-11/h10-14H,4-9H2,1-3H3. The minimum atomic E-state index is 0.623. The molecule has 0 aromatic heterocycles. The van der Waals surface area contributed by atoms with Gasteiger partial charge in [-0.15, -0.1) is 0 Å². The third-order valence-corrected chi connectivity index (χ3v) is 3.96. The van der Waals surface area contributed by atoms with Crippen molar-refractivity contribution in [2.75, 3.05) is 26.7 Å². The van der Waals surface area contributed by atoms with Crippen LogP contribution in [0.4, 0.5) is 0 Å². The van der Waals surface area contributed by atoms with Crippen LogP contribution in [0.2, 0.25) is 0 Å². The van der Waals surface area contributed by atoms with Crippen molar-refractivity contribution in [1.82, 2.24) is 10.2 Å². The molecule has 0 radical (unpaired) electrons. The average molecular weight is 210 g/mol. The predicted octanol–water partition coefficient (Wildman–Crippen LogP) is 1.96. The molecule has 0 spiro atoms. The molecule has 0 amide bonds. The lowest BCUT2D eigenvalue weighted by Gasteiger charge is -2.22. The van der Waals surface area contributed by atoms with Crippen LogP contribution >= 0.6 is 0 Å². The Hall–Kier alpha value is -0.0800. The van der Waals surface area contributed by atoms with Crippen LogP contribution < -0.4 is 5.32 Å². The van der Waals surface area contributed by atoms with Gasteiger partial charge < -0.3 is 10.2 Å². The summed E-state index contributed by atoms with van der Waals surface area (Å²) in [5.74, 6) is 3.28. The zero-order valence-corrected chi connectivity index (χ0v) is 10.5. The second kappa shape index (κ2) is 4.84. The number of rotatable bonds is 6. The van der Waals surface area contributed by atoms with E-state index in [0.717, 1.165) is 24.3 Å². The highest BCUT2D eigenvalue weighted by molar-refractivity contribution is 4.96. The first-order valence-corrected chi connectivity index (χ1v) is 6.57. The van der Waals surface area contributed by atoms with Gasteiger partial charge >= 0.3 is 0 Å². The van der Waals surface area contributed by atoms with E-state index < -0.39 is 0 Å². The van der Waals surface area contributed by atoms with E-state index in [0.29, 0.717) is 6.04 Å². The molecule has 2 unspecified atom stereocenters. The maximum absolute atomic E-state index is 3.48.